The van der Waals surface area contributed by atoms with Gasteiger partial charge in [-0.2, -0.15) is 0 Å². The van der Waals surface area contributed by atoms with E-state index in [0.717, 1.165) is 87.0 Å². The predicted octanol–water partition coefficient (Wildman–Crippen LogP) is 5.24. The highest BCUT2D eigenvalue weighted by Crippen LogP contribution is 2.33. The number of hydrogen-bond donors (Lipinski definition) is 0. The molecule has 1 atom stereocenters. The van der Waals surface area contributed by atoms with Gasteiger partial charge in [0.15, 0.2) is 0 Å². The quantitative estimate of drug-likeness (QED) is 0.407. The Hall–Kier alpha value is -2.80. The van der Waals surface area contributed by atoms with Crippen LogP contribution in [0.3, 0.4) is 0 Å². The van der Waals surface area contributed by atoms with Gasteiger partial charge in [0.2, 0.25) is 0 Å². The van der Waals surface area contributed by atoms with E-state index in [0.29, 0.717) is 0 Å². The number of carbonyl (C=O) groups is 1. The van der Waals surface area contributed by atoms with Gasteiger partial charge in [-0.3, -0.25) is 9.69 Å². The molecule has 2 aromatic carbocycles. The predicted molar refractivity (Wildman–Crippen MR) is 150 cm³/mol. The number of amides is 1. The molecule has 0 N–H and O–H groups in total. The lowest BCUT2D eigenvalue weighted by Crippen LogP contribution is -2.47. The summed E-state index contributed by atoms with van der Waals surface area (Å²) in [5, 5.41) is 0.775. The molecule has 2 aliphatic rings. The Labute approximate surface area is 225 Å². The second-order valence-corrected chi connectivity index (χ2v) is 10.6. The Morgan fingerprint density at radius 1 is 0.946 bits per heavy atom. The molecule has 1 unspecified atom stereocenters. The van der Waals surface area contributed by atoms with Crippen molar-refractivity contribution < 1.29 is 9.53 Å². The summed E-state index contributed by atoms with van der Waals surface area (Å²) in [5.74, 6) is 0.145. The van der Waals surface area contributed by atoms with E-state index in [-0.39, 0.29) is 12.0 Å². The molecule has 1 amide bonds. The van der Waals surface area contributed by atoms with Crippen molar-refractivity contribution >= 4 is 23.2 Å². The molecule has 2 aliphatic heterocycles. The third-order valence-corrected chi connectivity index (χ3v) is 7.98. The number of piperazine rings is 1. The first kappa shape index (κ1) is 25.8. The first-order valence-corrected chi connectivity index (χ1v) is 13.7. The van der Waals surface area contributed by atoms with Gasteiger partial charge in [0.1, 0.15) is 0 Å². The lowest BCUT2D eigenvalue weighted by molar-refractivity contribution is 0.0687. The van der Waals surface area contributed by atoms with Gasteiger partial charge in [-0.15, -0.1) is 0 Å². The monoisotopic (exact) mass is 520 g/mol. The smallest absolute Gasteiger partial charge is 0.256 e. The van der Waals surface area contributed by atoms with Crippen molar-refractivity contribution in [3.05, 3.63) is 88.2 Å². The molecule has 3 aromatic rings. The second kappa shape index (κ2) is 11.7. The van der Waals surface area contributed by atoms with Crippen LogP contribution in [0.1, 0.15) is 46.1 Å². The second-order valence-electron chi connectivity index (χ2n) is 10.1. The van der Waals surface area contributed by atoms with Crippen molar-refractivity contribution in [2.75, 3.05) is 57.8 Å². The first-order chi connectivity index (χ1) is 18.0. The SMILES string of the molecule is COC1CCN(CCCN2CCN(c3ccc(Cl)cc3)CC2)C(=O)c2c(C)cn(Cc3ccccc3)c21. The van der Waals surface area contributed by atoms with Crippen LogP contribution < -0.4 is 4.90 Å². The summed E-state index contributed by atoms with van der Waals surface area (Å²) in [7, 11) is 1.76. The molecule has 1 aromatic heterocycles. The summed E-state index contributed by atoms with van der Waals surface area (Å²) < 4.78 is 8.14. The fraction of sp³-hybridized carbons (Fsp3) is 0.433. The van der Waals surface area contributed by atoms with Crippen LogP contribution in [0.5, 0.6) is 0 Å². The van der Waals surface area contributed by atoms with Crippen LogP contribution in [0, 0.1) is 6.92 Å². The Bertz CT molecular complexity index is 1190. The lowest BCUT2D eigenvalue weighted by atomic mass is 10.1. The lowest BCUT2D eigenvalue weighted by Gasteiger charge is -2.36. The third-order valence-electron chi connectivity index (χ3n) is 7.72. The van der Waals surface area contributed by atoms with E-state index in [1.54, 1.807) is 7.11 Å². The highest BCUT2D eigenvalue weighted by Gasteiger charge is 2.33. The highest BCUT2D eigenvalue weighted by atomic mass is 35.5. The van der Waals surface area contributed by atoms with Crippen molar-refractivity contribution in [1.29, 1.82) is 0 Å². The zero-order valence-corrected chi connectivity index (χ0v) is 22.7. The normalized spacial score (nSPS) is 18.7. The molecule has 1 saturated heterocycles. The van der Waals surface area contributed by atoms with Gasteiger partial charge in [-0.05, 0) is 61.7 Å². The van der Waals surface area contributed by atoms with E-state index in [4.69, 9.17) is 16.3 Å². The molecule has 6 nitrogen and oxygen atoms in total. The van der Waals surface area contributed by atoms with Crippen LogP contribution in [-0.4, -0.2) is 73.2 Å². The van der Waals surface area contributed by atoms with Gasteiger partial charge >= 0.3 is 0 Å². The zero-order chi connectivity index (χ0) is 25.8. The highest BCUT2D eigenvalue weighted by molar-refractivity contribution is 6.30. The van der Waals surface area contributed by atoms with Gasteiger partial charge in [0.25, 0.3) is 5.91 Å². The van der Waals surface area contributed by atoms with E-state index in [2.05, 4.69) is 63.9 Å². The minimum Gasteiger partial charge on any atom is -0.375 e. The van der Waals surface area contributed by atoms with Crippen molar-refractivity contribution in [1.82, 2.24) is 14.4 Å². The molecule has 1 fully saturated rings. The van der Waals surface area contributed by atoms with Crippen molar-refractivity contribution in [3.63, 3.8) is 0 Å². The standard InChI is InChI=1S/C30H37ClN4O2/c1-23-21-35(22-24-7-4-3-5-8-24)29-27(37-2)13-16-34(30(36)28(23)29)15-6-14-32-17-19-33(20-18-32)26-11-9-25(31)10-12-26/h3-5,7-12,21,27H,6,13-20,22H2,1-2H3. The molecular weight excluding hydrogens is 484 g/mol. The van der Waals surface area contributed by atoms with Crippen LogP contribution in [0.4, 0.5) is 5.69 Å². The molecule has 196 valence electrons. The van der Waals surface area contributed by atoms with E-state index in [1.165, 1.54) is 11.3 Å². The van der Waals surface area contributed by atoms with Crippen LogP contribution in [0.2, 0.25) is 5.02 Å². The van der Waals surface area contributed by atoms with E-state index in [1.807, 2.05) is 23.1 Å². The largest absolute Gasteiger partial charge is 0.375 e. The number of benzene rings is 2. The number of rotatable bonds is 8. The molecule has 0 saturated carbocycles. The maximum atomic E-state index is 13.7. The van der Waals surface area contributed by atoms with Gasteiger partial charge in [0, 0.05) is 69.8 Å². The van der Waals surface area contributed by atoms with Crippen molar-refractivity contribution in [3.8, 4) is 0 Å². The molecular formula is C30H37ClN4O2. The maximum Gasteiger partial charge on any atom is 0.256 e. The van der Waals surface area contributed by atoms with Gasteiger partial charge in [0.05, 0.1) is 17.4 Å². The fourth-order valence-electron chi connectivity index (χ4n) is 5.73. The number of fused-ring (bicyclic) bond motifs is 1. The van der Waals surface area contributed by atoms with E-state index >= 15 is 0 Å². The summed E-state index contributed by atoms with van der Waals surface area (Å²) in [5.41, 5.74) is 5.34. The van der Waals surface area contributed by atoms with Crippen LogP contribution in [0.25, 0.3) is 0 Å². The zero-order valence-electron chi connectivity index (χ0n) is 21.9. The number of aromatic nitrogens is 1. The van der Waals surface area contributed by atoms with E-state index < -0.39 is 0 Å². The van der Waals surface area contributed by atoms with Gasteiger partial charge in [-0.1, -0.05) is 41.9 Å². The summed E-state index contributed by atoms with van der Waals surface area (Å²) >= 11 is 6.04. The van der Waals surface area contributed by atoms with Crippen LogP contribution >= 0.6 is 11.6 Å². The summed E-state index contributed by atoms with van der Waals surface area (Å²) in [6, 6.07) is 18.5. The molecule has 0 aliphatic carbocycles. The third kappa shape index (κ3) is 5.87. The van der Waals surface area contributed by atoms with Gasteiger partial charge < -0.3 is 19.1 Å². The van der Waals surface area contributed by atoms with Crippen molar-refractivity contribution in [2.24, 2.45) is 0 Å². The van der Waals surface area contributed by atoms with Crippen LogP contribution in [-0.2, 0) is 11.3 Å². The van der Waals surface area contributed by atoms with Gasteiger partial charge in [-0.25, -0.2) is 0 Å². The van der Waals surface area contributed by atoms with Crippen LogP contribution in [0.15, 0.2) is 60.8 Å². The number of anilines is 1. The molecule has 0 bridgehead atoms. The molecule has 7 heteroatoms. The molecule has 37 heavy (non-hydrogen) atoms. The minimum absolute atomic E-state index is 0.0812. The maximum absolute atomic E-state index is 13.7. The average Bonchev–Trinajstić information content (AvgIpc) is 3.16. The molecule has 5 rings (SSSR count). The Kier molecular flexibility index (Phi) is 8.18. The number of halogens is 1. The first-order valence-electron chi connectivity index (χ1n) is 13.3. The number of nitrogens with zero attached hydrogens (tertiary/aromatic N) is 4. The number of hydrogen-bond acceptors (Lipinski definition) is 4. The summed E-state index contributed by atoms with van der Waals surface area (Å²) in [6.07, 6.45) is 3.82. The topological polar surface area (TPSA) is 41.0 Å². The molecule has 3 heterocycles. The Balaban J connectivity index is 1.19. The van der Waals surface area contributed by atoms with Crippen molar-refractivity contribution in [2.45, 2.75) is 32.4 Å². The van der Waals surface area contributed by atoms with E-state index in [9.17, 15) is 4.79 Å². The summed E-state index contributed by atoms with van der Waals surface area (Å²) in [4.78, 5) is 20.7. The Morgan fingerprint density at radius 3 is 2.38 bits per heavy atom. The number of methoxy groups -OCH3 is 1. The minimum atomic E-state index is -0.0812. The summed E-state index contributed by atoms with van der Waals surface area (Å²) in [6.45, 7) is 9.39. The number of ether oxygens (including phenoxy) is 1. The number of carbonyl (C=O) groups excluding carboxylic acids is 1. The average molecular weight is 521 g/mol. The number of aryl methyl sites for hydroxylation is 1. The Morgan fingerprint density at radius 2 is 1.68 bits per heavy atom. The fourth-order valence-corrected chi connectivity index (χ4v) is 5.85. The molecule has 0 radical (unpaired) electrons. The molecule has 0 spiro atoms.